The van der Waals surface area contributed by atoms with Crippen molar-refractivity contribution in [3.8, 4) is 0 Å². The summed E-state index contributed by atoms with van der Waals surface area (Å²) in [5, 5.41) is 7.85. The summed E-state index contributed by atoms with van der Waals surface area (Å²) >= 11 is 3.96. The second kappa shape index (κ2) is 2.00. The van der Waals surface area contributed by atoms with Gasteiger partial charge in [-0.25, -0.2) is 0 Å². The second-order valence-electron chi connectivity index (χ2n) is 0.806. The maximum absolute atomic E-state index is 8.06. The van der Waals surface area contributed by atoms with Gasteiger partial charge in [-0.15, -0.1) is 0 Å². The first-order chi connectivity index (χ1) is 2.56. The molecule has 0 aliphatic rings. The Morgan fingerprint density at radius 2 is 1.67 bits per heavy atom. The van der Waals surface area contributed by atoms with Gasteiger partial charge in [0, 0.05) is 0 Å². The van der Waals surface area contributed by atoms with E-state index in [0.717, 1.165) is 0 Å². The molecule has 0 aromatic carbocycles. The summed E-state index contributed by atoms with van der Waals surface area (Å²) < 4.78 is 0. The molecule has 0 aliphatic heterocycles. The Morgan fingerprint density at radius 3 is 1.67 bits per heavy atom. The van der Waals surface area contributed by atoms with Gasteiger partial charge in [-0.05, 0) is 11.8 Å². The van der Waals surface area contributed by atoms with Crippen molar-refractivity contribution in [2.24, 2.45) is 0 Å². The second-order valence-corrected chi connectivity index (χ2v) is 4.17. The van der Waals surface area contributed by atoms with Crippen LogP contribution in [-0.2, 0) is 11.8 Å². The molecule has 38 valence electrons. The molecular weight excluding hydrogens is 123 g/mol. The van der Waals surface area contributed by atoms with Crippen molar-refractivity contribution >= 4 is 18.3 Å². The van der Waals surface area contributed by atoms with E-state index < -0.39 is 12.8 Å². The number of rotatable bonds is 1. The van der Waals surface area contributed by atoms with E-state index in [0.29, 0.717) is 0 Å². The fraction of sp³-hybridized carbons (Fsp3) is 1.00. The summed E-state index contributed by atoms with van der Waals surface area (Å²) in [6.07, 6.45) is -0.692. The smallest absolute Gasteiger partial charge is 0.209 e. The molecule has 0 heterocycles. The lowest BCUT2D eigenvalue weighted by Gasteiger charge is -1.97. The number of aliphatic hydroxyl groups is 1. The summed E-state index contributed by atoms with van der Waals surface area (Å²) in [7, 11) is 0. The van der Waals surface area contributed by atoms with Gasteiger partial charge in [0.05, 0.1) is 0 Å². The Bertz CT molecular complexity index is 74.9. The highest BCUT2D eigenvalue weighted by Gasteiger charge is 2.00. The third-order valence-corrected chi connectivity index (χ3v) is 0.899. The number of hydrogen-bond acceptors (Lipinski definition) is 2. The topological polar surface area (TPSA) is 60.7 Å². The Labute approximate surface area is 40.4 Å². The zero-order valence-electron chi connectivity index (χ0n) is 2.90. The van der Waals surface area contributed by atoms with Gasteiger partial charge in [0.15, 0.2) is 0 Å². The van der Waals surface area contributed by atoms with Gasteiger partial charge in [-0.1, -0.05) is 0 Å². The summed E-state index contributed by atoms with van der Waals surface area (Å²) in [6.45, 7) is -3.26. The molecular formula is CH5O3PS. The third-order valence-electron chi connectivity index (χ3n) is 0.184. The van der Waals surface area contributed by atoms with E-state index in [1.165, 1.54) is 0 Å². The van der Waals surface area contributed by atoms with Crippen molar-refractivity contribution in [3.05, 3.63) is 0 Å². The van der Waals surface area contributed by atoms with Crippen molar-refractivity contribution < 1.29 is 14.9 Å². The maximum atomic E-state index is 8.06. The van der Waals surface area contributed by atoms with Gasteiger partial charge in [-0.3, -0.25) is 0 Å². The normalized spacial score (nSPS) is 11.8. The van der Waals surface area contributed by atoms with Crippen molar-refractivity contribution in [2.45, 2.75) is 0 Å². The molecule has 0 aliphatic carbocycles. The van der Waals surface area contributed by atoms with Crippen LogP contribution in [0.5, 0.6) is 0 Å². The molecule has 0 spiro atoms. The molecule has 0 unspecified atom stereocenters. The average molecular weight is 128 g/mol. The summed E-state index contributed by atoms with van der Waals surface area (Å²) in [6, 6.07) is 0. The average Bonchev–Trinajstić information content (AvgIpc) is 1.35. The number of aliphatic hydroxyl groups excluding tert-OH is 1. The SMILES string of the molecule is OCP(O)(O)=S. The van der Waals surface area contributed by atoms with E-state index in [2.05, 4.69) is 11.8 Å². The summed E-state index contributed by atoms with van der Waals surface area (Å²) in [4.78, 5) is 16.1. The van der Waals surface area contributed by atoms with Crippen LogP contribution in [0.25, 0.3) is 0 Å². The Balaban J connectivity index is 3.48. The molecule has 3 nitrogen and oxygen atoms in total. The Morgan fingerprint density at radius 1 is 1.50 bits per heavy atom. The fourth-order valence-electron chi connectivity index (χ4n) is 0. The van der Waals surface area contributed by atoms with Crippen LogP contribution in [0.4, 0.5) is 0 Å². The van der Waals surface area contributed by atoms with Gasteiger partial charge in [0.25, 0.3) is 0 Å². The fourth-order valence-corrected chi connectivity index (χ4v) is 0. The largest absolute Gasteiger partial charge is 0.386 e. The van der Waals surface area contributed by atoms with E-state index in [-0.39, 0.29) is 0 Å². The minimum Gasteiger partial charge on any atom is -0.386 e. The van der Waals surface area contributed by atoms with Crippen molar-refractivity contribution in [2.75, 3.05) is 6.35 Å². The number of hydrogen-bond donors (Lipinski definition) is 3. The molecule has 5 heteroatoms. The van der Waals surface area contributed by atoms with Gasteiger partial charge < -0.3 is 14.9 Å². The molecule has 0 aromatic rings. The molecule has 0 atom stereocenters. The molecule has 0 fully saturated rings. The molecule has 0 radical (unpaired) electrons. The van der Waals surface area contributed by atoms with Crippen LogP contribution < -0.4 is 0 Å². The van der Waals surface area contributed by atoms with E-state index in [4.69, 9.17) is 14.9 Å². The zero-order chi connectivity index (χ0) is 5.21. The first kappa shape index (κ1) is 6.53. The molecule has 0 aromatic heterocycles. The van der Waals surface area contributed by atoms with Crippen LogP contribution in [0.2, 0.25) is 0 Å². The molecule has 0 bridgehead atoms. The van der Waals surface area contributed by atoms with Crippen molar-refractivity contribution in [1.29, 1.82) is 0 Å². The van der Waals surface area contributed by atoms with Crippen LogP contribution in [0.15, 0.2) is 0 Å². The highest BCUT2D eigenvalue weighted by Crippen LogP contribution is 2.32. The highest BCUT2D eigenvalue weighted by atomic mass is 32.5. The quantitative estimate of drug-likeness (QED) is 0.406. The summed E-state index contributed by atoms with van der Waals surface area (Å²) in [5.74, 6) is 0. The lowest BCUT2D eigenvalue weighted by atomic mass is 11.7. The van der Waals surface area contributed by atoms with Gasteiger partial charge in [0.2, 0.25) is 6.49 Å². The molecule has 3 N–H and O–H groups in total. The monoisotopic (exact) mass is 128 g/mol. The minimum absolute atomic E-state index is 0.692. The first-order valence-corrected chi connectivity index (χ1v) is 4.11. The van der Waals surface area contributed by atoms with Gasteiger partial charge in [0.1, 0.15) is 6.35 Å². The van der Waals surface area contributed by atoms with Crippen LogP contribution in [0.1, 0.15) is 0 Å². The van der Waals surface area contributed by atoms with E-state index in [1.54, 1.807) is 0 Å². The molecule has 6 heavy (non-hydrogen) atoms. The lowest BCUT2D eigenvalue weighted by molar-refractivity contribution is 0.329. The summed E-state index contributed by atoms with van der Waals surface area (Å²) in [5.41, 5.74) is 0. The van der Waals surface area contributed by atoms with E-state index >= 15 is 0 Å². The molecule has 0 amide bonds. The molecule has 0 saturated carbocycles. The highest BCUT2D eigenvalue weighted by molar-refractivity contribution is 8.08. The van der Waals surface area contributed by atoms with E-state index in [1.807, 2.05) is 0 Å². The maximum Gasteiger partial charge on any atom is 0.209 e. The molecule has 0 saturated heterocycles. The zero-order valence-corrected chi connectivity index (χ0v) is 4.62. The van der Waals surface area contributed by atoms with Gasteiger partial charge >= 0.3 is 0 Å². The Hall–Kier alpha value is 0.530. The predicted molar refractivity (Wildman–Crippen MR) is 25.8 cm³/mol. The van der Waals surface area contributed by atoms with Crippen LogP contribution in [0.3, 0.4) is 0 Å². The van der Waals surface area contributed by atoms with E-state index in [9.17, 15) is 0 Å². The van der Waals surface area contributed by atoms with Gasteiger partial charge in [-0.2, -0.15) is 0 Å². The minimum atomic E-state index is -3.26. The molecule has 0 rings (SSSR count). The Kier molecular flexibility index (Phi) is 2.18. The predicted octanol–water partition coefficient (Wildman–Crippen LogP) is -0.770. The van der Waals surface area contributed by atoms with Crippen LogP contribution >= 0.6 is 6.49 Å². The third kappa shape index (κ3) is 4.53. The van der Waals surface area contributed by atoms with Crippen LogP contribution in [0, 0.1) is 0 Å². The lowest BCUT2D eigenvalue weighted by Crippen LogP contribution is -1.80. The van der Waals surface area contributed by atoms with Crippen molar-refractivity contribution in [1.82, 2.24) is 0 Å². The van der Waals surface area contributed by atoms with Crippen LogP contribution in [-0.4, -0.2) is 21.2 Å². The standard InChI is InChI=1S/CH5O3PS/c2-1-5(3,4)6/h2H,1H2,(H2,3,4,6). The first-order valence-electron chi connectivity index (χ1n) is 1.22. The van der Waals surface area contributed by atoms with Crippen molar-refractivity contribution in [3.63, 3.8) is 0 Å².